The van der Waals surface area contributed by atoms with Gasteiger partial charge in [0.25, 0.3) is 5.82 Å². The highest BCUT2D eigenvalue weighted by Gasteiger charge is 2.13. The van der Waals surface area contributed by atoms with E-state index in [0.29, 0.717) is 0 Å². The van der Waals surface area contributed by atoms with Gasteiger partial charge < -0.3 is 0 Å². The standard InChI is InChI=1S/C35H69N2/c1-4-6-8-10-12-14-16-17-18-19-20-21-22-23-25-27-29-31-35-36(3)33-34-37(35)32-30-28-26-24-15-13-11-9-7-5-2/h33-34H,4-32H2,1-3H3/q+1. The Balaban J connectivity index is 1.91. The monoisotopic (exact) mass is 518 g/mol. The Kier molecular flexibility index (Phi) is 24.8. The molecular weight excluding hydrogens is 448 g/mol. The molecular formula is C35H69N2+. The summed E-state index contributed by atoms with van der Waals surface area (Å²) in [5, 5.41) is 0. The molecule has 2 heteroatoms. The van der Waals surface area contributed by atoms with Crippen molar-refractivity contribution in [1.82, 2.24) is 4.57 Å². The smallest absolute Gasteiger partial charge is 0.237 e. The molecule has 0 saturated carbocycles. The minimum Gasteiger partial charge on any atom is -0.237 e. The predicted molar refractivity (Wildman–Crippen MR) is 165 cm³/mol. The number of unbranched alkanes of at least 4 members (excludes halogenated alkanes) is 25. The topological polar surface area (TPSA) is 8.81 Å². The van der Waals surface area contributed by atoms with Crippen LogP contribution < -0.4 is 4.57 Å². The molecule has 0 aliphatic heterocycles. The number of imidazole rings is 1. The predicted octanol–water partition coefficient (Wildman–Crippen LogP) is 11.4. The van der Waals surface area contributed by atoms with Crippen molar-refractivity contribution in [2.24, 2.45) is 7.05 Å². The molecule has 0 fully saturated rings. The van der Waals surface area contributed by atoms with Crippen molar-refractivity contribution in [3.8, 4) is 0 Å². The summed E-state index contributed by atoms with van der Waals surface area (Å²) < 4.78 is 4.90. The Bertz CT molecular complexity index is 576. The Hall–Kier alpha value is -0.790. The number of aromatic nitrogens is 2. The van der Waals surface area contributed by atoms with Crippen LogP contribution in [0.2, 0.25) is 0 Å². The van der Waals surface area contributed by atoms with Crippen LogP contribution in [0.25, 0.3) is 0 Å². The Morgan fingerprint density at radius 3 is 1.16 bits per heavy atom. The lowest BCUT2D eigenvalue weighted by atomic mass is 10.0. The third-order valence-electron chi connectivity index (χ3n) is 8.47. The molecule has 0 bridgehead atoms. The maximum absolute atomic E-state index is 2.54. The third-order valence-corrected chi connectivity index (χ3v) is 8.47. The summed E-state index contributed by atoms with van der Waals surface area (Å²) in [5.41, 5.74) is 0. The Morgan fingerprint density at radius 1 is 0.459 bits per heavy atom. The quantitative estimate of drug-likeness (QED) is 0.0737. The van der Waals surface area contributed by atoms with Gasteiger partial charge in [-0.05, 0) is 19.3 Å². The second-order valence-electron chi connectivity index (χ2n) is 12.1. The summed E-state index contributed by atoms with van der Waals surface area (Å²) in [6.07, 6.45) is 44.7. The van der Waals surface area contributed by atoms with Crippen molar-refractivity contribution in [3.63, 3.8) is 0 Å². The molecule has 0 radical (unpaired) electrons. The molecule has 0 N–H and O–H groups in total. The summed E-state index contributed by atoms with van der Waals surface area (Å²) in [6.45, 7) is 5.82. The Labute approximate surface area is 234 Å². The normalized spacial score (nSPS) is 11.5. The van der Waals surface area contributed by atoms with Gasteiger partial charge in [0, 0.05) is 6.42 Å². The van der Waals surface area contributed by atoms with Crippen LogP contribution in [0.4, 0.5) is 0 Å². The molecule has 0 aliphatic rings. The number of hydrogen-bond donors (Lipinski definition) is 0. The van der Waals surface area contributed by atoms with Gasteiger partial charge in [-0.15, -0.1) is 0 Å². The van der Waals surface area contributed by atoms with E-state index in [2.05, 4.69) is 42.4 Å². The van der Waals surface area contributed by atoms with E-state index in [1.807, 2.05) is 0 Å². The van der Waals surface area contributed by atoms with Gasteiger partial charge in [0.05, 0.1) is 13.6 Å². The third kappa shape index (κ3) is 20.8. The summed E-state index contributed by atoms with van der Waals surface area (Å²) in [4.78, 5) is 0. The molecule has 0 saturated heterocycles. The van der Waals surface area contributed by atoms with Gasteiger partial charge in [-0.25, -0.2) is 9.13 Å². The highest BCUT2D eigenvalue weighted by molar-refractivity contribution is 4.82. The van der Waals surface area contributed by atoms with Gasteiger partial charge in [0.15, 0.2) is 0 Å². The second-order valence-corrected chi connectivity index (χ2v) is 12.1. The van der Waals surface area contributed by atoms with Crippen molar-refractivity contribution >= 4 is 0 Å². The van der Waals surface area contributed by atoms with Crippen LogP contribution in [-0.2, 0) is 20.0 Å². The number of nitrogens with zero attached hydrogens (tertiary/aromatic N) is 2. The fourth-order valence-electron chi connectivity index (χ4n) is 5.86. The molecule has 37 heavy (non-hydrogen) atoms. The number of hydrogen-bond acceptors (Lipinski definition) is 0. The minimum absolute atomic E-state index is 1.21. The van der Waals surface area contributed by atoms with E-state index in [1.165, 1.54) is 192 Å². The lowest BCUT2D eigenvalue weighted by Crippen LogP contribution is -2.37. The van der Waals surface area contributed by atoms with Crippen molar-refractivity contribution in [2.75, 3.05) is 0 Å². The highest BCUT2D eigenvalue weighted by atomic mass is 15.1. The lowest BCUT2D eigenvalue weighted by molar-refractivity contribution is -0.704. The minimum atomic E-state index is 1.21. The summed E-state index contributed by atoms with van der Waals surface area (Å²) in [5.74, 6) is 1.54. The van der Waals surface area contributed by atoms with Crippen molar-refractivity contribution < 1.29 is 4.57 Å². The number of aryl methyl sites for hydroxylation is 2. The van der Waals surface area contributed by atoms with Crippen LogP contribution in [0.15, 0.2) is 12.4 Å². The SMILES string of the molecule is CCCCCCCCCCCCCCCCCCCc1n(C)cc[n+]1CCCCCCCCCCCC. The zero-order valence-corrected chi connectivity index (χ0v) is 26.1. The second kappa shape index (κ2) is 26.8. The first-order valence-electron chi connectivity index (χ1n) is 17.3. The van der Waals surface area contributed by atoms with Gasteiger partial charge in [-0.3, -0.25) is 0 Å². The fourth-order valence-corrected chi connectivity index (χ4v) is 5.86. The summed E-state index contributed by atoms with van der Waals surface area (Å²) in [7, 11) is 2.23. The van der Waals surface area contributed by atoms with E-state index in [0.717, 1.165) is 0 Å². The van der Waals surface area contributed by atoms with E-state index in [1.54, 1.807) is 0 Å². The molecule has 0 unspecified atom stereocenters. The lowest BCUT2D eigenvalue weighted by Gasteiger charge is -2.05. The molecule has 1 aromatic heterocycles. The van der Waals surface area contributed by atoms with Crippen molar-refractivity contribution in [1.29, 1.82) is 0 Å². The molecule has 1 heterocycles. The summed E-state index contributed by atoms with van der Waals surface area (Å²) >= 11 is 0. The molecule has 0 aliphatic carbocycles. The first-order valence-corrected chi connectivity index (χ1v) is 17.3. The molecule has 0 spiro atoms. The van der Waals surface area contributed by atoms with Crippen LogP contribution >= 0.6 is 0 Å². The van der Waals surface area contributed by atoms with Gasteiger partial charge in [-0.2, -0.15) is 0 Å². The zero-order chi connectivity index (χ0) is 26.7. The van der Waals surface area contributed by atoms with Crippen LogP contribution in [0.3, 0.4) is 0 Å². The highest BCUT2D eigenvalue weighted by Crippen LogP contribution is 2.15. The van der Waals surface area contributed by atoms with E-state index in [9.17, 15) is 0 Å². The van der Waals surface area contributed by atoms with Crippen molar-refractivity contribution in [2.45, 2.75) is 200 Å². The first kappa shape index (κ1) is 34.2. The van der Waals surface area contributed by atoms with E-state index in [4.69, 9.17) is 0 Å². The van der Waals surface area contributed by atoms with Gasteiger partial charge in [-0.1, -0.05) is 168 Å². The molecule has 0 aromatic carbocycles. The average Bonchev–Trinajstić information content (AvgIpc) is 3.25. The van der Waals surface area contributed by atoms with Crippen LogP contribution in [0.5, 0.6) is 0 Å². The molecule has 1 rings (SSSR count). The van der Waals surface area contributed by atoms with E-state index < -0.39 is 0 Å². The maximum Gasteiger partial charge on any atom is 0.256 e. The van der Waals surface area contributed by atoms with Crippen LogP contribution in [-0.4, -0.2) is 4.57 Å². The molecule has 0 amide bonds. The van der Waals surface area contributed by atoms with Crippen LogP contribution in [0.1, 0.15) is 193 Å². The van der Waals surface area contributed by atoms with Gasteiger partial charge in [0.1, 0.15) is 12.4 Å². The molecule has 2 nitrogen and oxygen atoms in total. The maximum atomic E-state index is 2.54. The summed E-state index contributed by atoms with van der Waals surface area (Å²) in [6, 6.07) is 0. The molecule has 1 aromatic rings. The number of rotatable bonds is 29. The fraction of sp³-hybridized carbons (Fsp3) is 0.914. The van der Waals surface area contributed by atoms with Gasteiger partial charge >= 0.3 is 0 Å². The van der Waals surface area contributed by atoms with E-state index in [-0.39, 0.29) is 0 Å². The molecule has 0 atom stereocenters. The van der Waals surface area contributed by atoms with Gasteiger partial charge in [0.2, 0.25) is 0 Å². The molecule has 218 valence electrons. The Morgan fingerprint density at radius 2 is 0.784 bits per heavy atom. The first-order chi connectivity index (χ1) is 18.3. The van der Waals surface area contributed by atoms with Crippen LogP contribution in [0, 0.1) is 0 Å². The largest absolute Gasteiger partial charge is 0.256 e. The zero-order valence-electron chi connectivity index (χ0n) is 26.1. The van der Waals surface area contributed by atoms with Crippen molar-refractivity contribution in [3.05, 3.63) is 18.2 Å². The average molecular weight is 518 g/mol. The van der Waals surface area contributed by atoms with E-state index >= 15 is 0 Å².